The van der Waals surface area contributed by atoms with E-state index in [4.69, 9.17) is 4.42 Å². The molecule has 5 atom stereocenters. The zero-order valence-electron chi connectivity index (χ0n) is 11.2. The highest BCUT2D eigenvalue weighted by atomic mass is 79.9. The molecule has 2 fully saturated rings. The van der Waals surface area contributed by atoms with Crippen molar-refractivity contribution in [3.05, 3.63) is 22.6 Å². The Bertz CT molecular complexity index is 416. The first kappa shape index (κ1) is 12.7. The normalized spacial score (nSPS) is 33.8. The molecule has 0 radical (unpaired) electrons. The van der Waals surface area contributed by atoms with E-state index in [1.54, 1.807) is 0 Å². The topological polar surface area (TPSA) is 25.2 Å². The molecule has 100 valence electrons. The van der Waals surface area contributed by atoms with Gasteiger partial charge in [-0.15, -0.1) is 0 Å². The number of fused-ring (bicyclic) bond motifs is 2. The Kier molecular flexibility index (Phi) is 3.55. The Labute approximate surface area is 118 Å². The summed E-state index contributed by atoms with van der Waals surface area (Å²) in [4.78, 5) is 0. The van der Waals surface area contributed by atoms with E-state index < -0.39 is 0 Å². The molecule has 1 heterocycles. The number of hydrogen-bond donors (Lipinski definition) is 1. The molecule has 18 heavy (non-hydrogen) atoms. The fraction of sp³-hybridized carbons (Fsp3) is 0.733. The smallest absolute Gasteiger partial charge is 0.169 e. The predicted molar refractivity (Wildman–Crippen MR) is 76.4 cm³/mol. The summed E-state index contributed by atoms with van der Waals surface area (Å²) >= 11 is 3.37. The monoisotopic (exact) mass is 311 g/mol. The highest BCUT2D eigenvalue weighted by molar-refractivity contribution is 9.10. The van der Waals surface area contributed by atoms with Crippen LogP contribution in [0.3, 0.4) is 0 Å². The Morgan fingerprint density at radius 3 is 2.67 bits per heavy atom. The van der Waals surface area contributed by atoms with Gasteiger partial charge in [-0.2, -0.15) is 0 Å². The van der Waals surface area contributed by atoms with Crippen LogP contribution in [0.15, 0.2) is 21.2 Å². The molecule has 5 unspecified atom stereocenters. The van der Waals surface area contributed by atoms with Crippen LogP contribution in [0.25, 0.3) is 0 Å². The van der Waals surface area contributed by atoms with Gasteiger partial charge < -0.3 is 9.73 Å². The first-order chi connectivity index (χ1) is 8.63. The SMILES string of the molecule is CC(NC(C)C1CC2CCC1C2)c1ccc(Br)o1. The predicted octanol–water partition coefficient (Wildman–Crippen LogP) is 4.52. The zero-order chi connectivity index (χ0) is 12.7. The van der Waals surface area contributed by atoms with Crippen LogP contribution in [0.4, 0.5) is 0 Å². The Morgan fingerprint density at radius 2 is 2.11 bits per heavy atom. The molecule has 0 spiro atoms. The van der Waals surface area contributed by atoms with Gasteiger partial charge in [-0.25, -0.2) is 0 Å². The van der Waals surface area contributed by atoms with Gasteiger partial charge in [0.2, 0.25) is 0 Å². The Hall–Kier alpha value is -0.280. The van der Waals surface area contributed by atoms with Gasteiger partial charge in [-0.1, -0.05) is 6.42 Å². The molecule has 1 aromatic heterocycles. The molecular formula is C15H22BrNO. The van der Waals surface area contributed by atoms with Gasteiger partial charge in [-0.3, -0.25) is 0 Å². The van der Waals surface area contributed by atoms with E-state index >= 15 is 0 Å². The van der Waals surface area contributed by atoms with Gasteiger partial charge in [0.1, 0.15) is 5.76 Å². The maximum absolute atomic E-state index is 5.62. The number of nitrogens with one attached hydrogen (secondary N) is 1. The minimum absolute atomic E-state index is 0.297. The minimum atomic E-state index is 0.297. The fourth-order valence-electron chi connectivity index (χ4n) is 4.07. The molecule has 0 aliphatic heterocycles. The number of furan rings is 1. The van der Waals surface area contributed by atoms with Crippen molar-refractivity contribution in [2.24, 2.45) is 17.8 Å². The van der Waals surface area contributed by atoms with Crippen LogP contribution in [0.1, 0.15) is 51.3 Å². The molecule has 2 aliphatic carbocycles. The second-order valence-corrected chi connectivity index (χ2v) is 6.94. The van der Waals surface area contributed by atoms with E-state index in [1.165, 1.54) is 25.7 Å². The molecule has 0 saturated heterocycles. The van der Waals surface area contributed by atoms with Gasteiger partial charge in [0, 0.05) is 6.04 Å². The van der Waals surface area contributed by atoms with E-state index in [2.05, 4.69) is 41.2 Å². The summed E-state index contributed by atoms with van der Waals surface area (Å²) in [6.45, 7) is 4.54. The summed E-state index contributed by atoms with van der Waals surface area (Å²) in [6, 6.07) is 4.91. The summed E-state index contributed by atoms with van der Waals surface area (Å²) < 4.78 is 6.44. The summed E-state index contributed by atoms with van der Waals surface area (Å²) in [5.41, 5.74) is 0. The molecule has 2 bridgehead atoms. The quantitative estimate of drug-likeness (QED) is 0.884. The largest absolute Gasteiger partial charge is 0.453 e. The van der Waals surface area contributed by atoms with Gasteiger partial charge in [0.05, 0.1) is 6.04 Å². The van der Waals surface area contributed by atoms with Gasteiger partial charge in [0.25, 0.3) is 0 Å². The lowest BCUT2D eigenvalue weighted by Gasteiger charge is -2.30. The van der Waals surface area contributed by atoms with Crippen molar-refractivity contribution in [2.45, 2.75) is 51.6 Å². The van der Waals surface area contributed by atoms with Gasteiger partial charge in [0.15, 0.2) is 4.67 Å². The third-order valence-corrected chi connectivity index (χ3v) is 5.39. The summed E-state index contributed by atoms with van der Waals surface area (Å²) in [6.07, 6.45) is 5.86. The number of hydrogen-bond acceptors (Lipinski definition) is 2. The molecule has 0 amide bonds. The van der Waals surface area contributed by atoms with Crippen molar-refractivity contribution >= 4 is 15.9 Å². The average Bonchev–Trinajstić information content (AvgIpc) is 3.03. The van der Waals surface area contributed by atoms with Crippen LogP contribution in [0.5, 0.6) is 0 Å². The summed E-state index contributed by atoms with van der Waals surface area (Å²) in [5.74, 6) is 3.91. The van der Waals surface area contributed by atoms with E-state index in [0.717, 1.165) is 28.2 Å². The van der Waals surface area contributed by atoms with Crippen LogP contribution in [-0.2, 0) is 0 Å². The standard InChI is InChI=1S/C15H22BrNO/c1-9(13-8-11-3-4-12(13)7-11)17-10(2)14-5-6-15(16)18-14/h5-6,9-13,17H,3-4,7-8H2,1-2H3. The summed E-state index contributed by atoms with van der Waals surface area (Å²) in [5, 5.41) is 3.72. The second-order valence-electron chi connectivity index (χ2n) is 6.16. The highest BCUT2D eigenvalue weighted by Crippen LogP contribution is 2.49. The van der Waals surface area contributed by atoms with Crippen molar-refractivity contribution < 1.29 is 4.42 Å². The Balaban J connectivity index is 1.59. The maximum atomic E-state index is 5.62. The lowest BCUT2D eigenvalue weighted by Crippen LogP contribution is -2.37. The molecule has 1 N–H and O–H groups in total. The van der Waals surface area contributed by atoms with Crippen LogP contribution in [0, 0.1) is 17.8 Å². The molecule has 0 aromatic carbocycles. The fourth-order valence-corrected chi connectivity index (χ4v) is 4.39. The van der Waals surface area contributed by atoms with Crippen LogP contribution < -0.4 is 5.32 Å². The Morgan fingerprint density at radius 1 is 1.28 bits per heavy atom. The molecule has 1 aromatic rings. The van der Waals surface area contributed by atoms with Crippen molar-refractivity contribution in [3.8, 4) is 0 Å². The molecule has 2 saturated carbocycles. The lowest BCUT2D eigenvalue weighted by molar-refractivity contribution is 0.241. The van der Waals surface area contributed by atoms with Crippen molar-refractivity contribution in [3.63, 3.8) is 0 Å². The third-order valence-electron chi connectivity index (χ3n) is 4.97. The van der Waals surface area contributed by atoms with E-state index in [9.17, 15) is 0 Å². The molecule has 2 nitrogen and oxygen atoms in total. The molecular weight excluding hydrogens is 290 g/mol. The molecule has 2 aliphatic rings. The summed E-state index contributed by atoms with van der Waals surface area (Å²) in [7, 11) is 0. The van der Waals surface area contributed by atoms with Crippen LogP contribution in [0.2, 0.25) is 0 Å². The van der Waals surface area contributed by atoms with E-state index in [0.29, 0.717) is 12.1 Å². The number of halogens is 1. The van der Waals surface area contributed by atoms with Crippen molar-refractivity contribution in [1.82, 2.24) is 5.32 Å². The van der Waals surface area contributed by atoms with Crippen LogP contribution in [-0.4, -0.2) is 6.04 Å². The zero-order valence-corrected chi connectivity index (χ0v) is 12.7. The highest BCUT2D eigenvalue weighted by Gasteiger charge is 2.41. The molecule has 3 rings (SSSR count). The average molecular weight is 312 g/mol. The number of rotatable bonds is 4. The third kappa shape index (κ3) is 2.39. The van der Waals surface area contributed by atoms with Gasteiger partial charge in [-0.05, 0) is 78.9 Å². The lowest BCUT2D eigenvalue weighted by atomic mass is 9.83. The van der Waals surface area contributed by atoms with Crippen LogP contribution >= 0.6 is 15.9 Å². The van der Waals surface area contributed by atoms with Gasteiger partial charge >= 0.3 is 0 Å². The minimum Gasteiger partial charge on any atom is -0.453 e. The van der Waals surface area contributed by atoms with Crippen molar-refractivity contribution in [2.75, 3.05) is 0 Å². The first-order valence-electron chi connectivity index (χ1n) is 7.14. The van der Waals surface area contributed by atoms with Crippen molar-refractivity contribution in [1.29, 1.82) is 0 Å². The maximum Gasteiger partial charge on any atom is 0.169 e. The second kappa shape index (κ2) is 5.01. The van der Waals surface area contributed by atoms with E-state index in [-0.39, 0.29) is 0 Å². The first-order valence-corrected chi connectivity index (χ1v) is 7.94. The van der Waals surface area contributed by atoms with E-state index in [1.807, 2.05) is 6.07 Å². The molecule has 3 heteroatoms.